The first-order valence-corrected chi connectivity index (χ1v) is 5.60. The zero-order valence-electron chi connectivity index (χ0n) is 6.28. The maximum Gasteiger partial charge on any atom is 0.211 e. The number of thiol groups is 1. The molecule has 0 bridgehead atoms. The lowest BCUT2D eigenvalue weighted by molar-refractivity contribution is 0.584. The summed E-state index contributed by atoms with van der Waals surface area (Å²) in [5.41, 5.74) is 0. The van der Waals surface area contributed by atoms with Crippen molar-refractivity contribution in [2.45, 2.75) is 6.42 Å². The standard InChI is InChI=1S/C6H13NO2S2/c1-2-4-7-11(8,9)6-3-5-10/h2,7,10H,1,3-6H2. The van der Waals surface area contributed by atoms with Crippen LogP contribution in [0.4, 0.5) is 0 Å². The van der Waals surface area contributed by atoms with E-state index in [2.05, 4.69) is 23.9 Å². The van der Waals surface area contributed by atoms with Gasteiger partial charge in [0.2, 0.25) is 10.0 Å². The smallest absolute Gasteiger partial charge is 0.211 e. The molecular weight excluding hydrogens is 182 g/mol. The summed E-state index contributed by atoms with van der Waals surface area (Å²) in [6, 6.07) is 0. The van der Waals surface area contributed by atoms with E-state index in [0.29, 0.717) is 18.7 Å². The zero-order chi connectivity index (χ0) is 8.74. The van der Waals surface area contributed by atoms with E-state index >= 15 is 0 Å². The SMILES string of the molecule is C=CCNS(=O)(=O)CCCS. The first kappa shape index (κ1) is 11.0. The van der Waals surface area contributed by atoms with Crippen LogP contribution in [0.2, 0.25) is 0 Å². The van der Waals surface area contributed by atoms with E-state index in [0.717, 1.165) is 0 Å². The van der Waals surface area contributed by atoms with Crippen molar-refractivity contribution < 1.29 is 8.42 Å². The average Bonchev–Trinajstić information content (AvgIpc) is 1.97. The van der Waals surface area contributed by atoms with E-state index in [1.807, 2.05) is 0 Å². The van der Waals surface area contributed by atoms with Gasteiger partial charge >= 0.3 is 0 Å². The van der Waals surface area contributed by atoms with Gasteiger partial charge in [-0.3, -0.25) is 0 Å². The van der Waals surface area contributed by atoms with Crippen molar-refractivity contribution in [3.63, 3.8) is 0 Å². The fourth-order valence-corrected chi connectivity index (χ4v) is 1.93. The Morgan fingerprint density at radius 3 is 2.64 bits per heavy atom. The monoisotopic (exact) mass is 195 g/mol. The topological polar surface area (TPSA) is 46.2 Å². The Labute approximate surface area is 73.3 Å². The van der Waals surface area contributed by atoms with Gasteiger partial charge < -0.3 is 0 Å². The summed E-state index contributed by atoms with van der Waals surface area (Å²) in [7, 11) is -3.08. The maximum absolute atomic E-state index is 11.0. The van der Waals surface area contributed by atoms with E-state index < -0.39 is 10.0 Å². The zero-order valence-corrected chi connectivity index (χ0v) is 8.00. The molecule has 1 N–H and O–H groups in total. The minimum absolute atomic E-state index is 0.143. The van der Waals surface area contributed by atoms with Gasteiger partial charge in [0.15, 0.2) is 0 Å². The van der Waals surface area contributed by atoms with E-state index in [9.17, 15) is 8.42 Å². The molecule has 0 saturated heterocycles. The highest BCUT2D eigenvalue weighted by molar-refractivity contribution is 7.89. The Morgan fingerprint density at radius 1 is 1.55 bits per heavy atom. The van der Waals surface area contributed by atoms with Crippen LogP contribution in [0.15, 0.2) is 12.7 Å². The molecule has 3 nitrogen and oxygen atoms in total. The van der Waals surface area contributed by atoms with E-state index in [1.165, 1.54) is 6.08 Å². The Hall–Kier alpha value is -0.0000000000000000555. The summed E-state index contributed by atoms with van der Waals surface area (Å²) >= 11 is 3.91. The van der Waals surface area contributed by atoms with Crippen LogP contribution in [0.1, 0.15) is 6.42 Å². The quantitative estimate of drug-likeness (QED) is 0.476. The highest BCUT2D eigenvalue weighted by atomic mass is 32.2. The highest BCUT2D eigenvalue weighted by Gasteiger charge is 2.06. The van der Waals surface area contributed by atoms with E-state index in [1.54, 1.807) is 0 Å². The third-order valence-corrected chi connectivity index (χ3v) is 2.77. The van der Waals surface area contributed by atoms with Crippen LogP contribution < -0.4 is 4.72 Å². The van der Waals surface area contributed by atoms with Crippen LogP contribution in [-0.2, 0) is 10.0 Å². The molecule has 0 unspecified atom stereocenters. The summed E-state index contributed by atoms with van der Waals surface area (Å²) < 4.78 is 24.3. The lowest BCUT2D eigenvalue weighted by Crippen LogP contribution is -2.26. The summed E-state index contributed by atoms with van der Waals surface area (Å²) in [4.78, 5) is 0. The van der Waals surface area contributed by atoms with Crippen LogP contribution in [0, 0.1) is 0 Å². The van der Waals surface area contributed by atoms with Gasteiger partial charge in [0.1, 0.15) is 0 Å². The number of sulfonamides is 1. The second-order valence-corrected chi connectivity index (χ2v) is 4.41. The molecule has 5 heteroatoms. The molecule has 66 valence electrons. The molecule has 0 atom stereocenters. The van der Waals surface area contributed by atoms with Gasteiger partial charge in [-0.1, -0.05) is 6.08 Å². The Balaban J connectivity index is 3.71. The molecule has 0 amide bonds. The number of nitrogens with one attached hydrogen (secondary N) is 1. The van der Waals surface area contributed by atoms with E-state index in [-0.39, 0.29) is 5.75 Å². The Bertz CT molecular complexity index is 199. The first-order chi connectivity index (χ1) is 5.12. The summed E-state index contributed by atoms with van der Waals surface area (Å²) in [6.45, 7) is 3.70. The summed E-state index contributed by atoms with van der Waals surface area (Å²) in [5, 5.41) is 0. The van der Waals surface area contributed by atoms with Gasteiger partial charge in [-0.05, 0) is 12.2 Å². The molecule has 0 aliphatic carbocycles. The lowest BCUT2D eigenvalue weighted by Gasteiger charge is -2.01. The molecular formula is C6H13NO2S2. The van der Waals surface area contributed by atoms with Crippen molar-refractivity contribution in [2.24, 2.45) is 0 Å². The summed E-state index contributed by atoms with van der Waals surface area (Å²) in [6.07, 6.45) is 2.09. The molecule has 0 aliphatic rings. The predicted octanol–water partition coefficient (Wildman–Crippen LogP) is 0.412. The Morgan fingerprint density at radius 2 is 2.18 bits per heavy atom. The van der Waals surface area contributed by atoms with Gasteiger partial charge in [0.25, 0.3) is 0 Å². The molecule has 0 heterocycles. The molecule has 0 fully saturated rings. The highest BCUT2D eigenvalue weighted by Crippen LogP contribution is 1.90. The van der Waals surface area contributed by atoms with Gasteiger partial charge in [-0.2, -0.15) is 12.6 Å². The van der Waals surface area contributed by atoms with Crippen LogP contribution in [0.25, 0.3) is 0 Å². The molecule has 0 aromatic heterocycles. The summed E-state index contributed by atoms with van der Waals surface area (Å²) in [5.74, 6) is 0.735. The molecule has 0 aliphatic heterocycles. The molecule has 0 radical (unpaired) electrons. The van der Waals surface area contributed by atoms with Crippen LogP contribution >= 0.6 is 12.6 Å². The minimum Gasteiger partial charge on any atom is -0.212 e. The maximum atomic E-state index is 11.0. The number of hydrogen-bond acceptors (Lipinski definition) is 3. The number of hydrogen-bond donors (Lipinski definition) is 2. The molecule has 0 spiro atoms. The fourth-order valence-electron chi connectivity index (χ4n) is 0.513. The second kappa shape index (κ2) is 5.62. The van der Waals surface area contributed by atoms with Crippen LogP contribution in [-0.4, -0.2) is 26.5 Å². The van der Waals surface area contributed by atoms with Crippen molar-refractivity contribution in [3.8, 4) is 0 Å². The minimum atomic E-state index is -3.08. The van der Waals surface area contributed by atoms with Gasteiger partial charge in [0.05, 0.1) is 5.75 Å². The van der Waals surface area contributed by atoms with Gasteiger partial charge in [-0.15, -0.1) is 6.58 Å². The van der Waals surface area contributed by atoms with Crippen LogP contribution in [0.5, 0.6) is 0 Å². The second-order valence-electron chi connectivity index (χ2n) is 2.03. The van der Waals surface area contributed by atoms with Gasteiger partial charge in [0, 0.05) is 6.54 Å². The fraction of sp³-hybridized carbons (Fsp3) is 0.667. The van der Waals surface area contributed by atoms with Crippen molar-refractivity contribution in [1.82, 2.24) is 4.72 Å². The largest absolute Gasteiger partial charge is 0.212 e. The predicted molar refractivity (Wildman–Crippen MR) is 50.5 cm³/mol. The molecule has 0 aromatic rings. The lowest BCUT2D eigenvalue weighted by atomic mass is 10.6. The normalized spacial score (nSPS) is 11.4. The first-order valence-electron chi connectivity index (χ1n) is 3.31. The van der Waals surface area contributed by atoms with Gasteiger partial charge in [-0.25, -0.2) is 13.1 Å². The van der Waals surface area contributed by atoms with Crippen molar-refractivity contribution in [3.05, 3.63) is 12.7 Å². The van der Waals surface area contributed by atoms with Crippen molar-refractivity contribution in [1.29, 1.82) is 0 Å². The van der Waals surface area contributed by atoms with Crippen molar-refractivity contribution in [2.75, 3.05) is 18.1 Å². The molecule has 0 rings (SSSR count). The third kappa shape index (κ3) is 6.40. The number of rotatable bonds is 6. The molecule has 11 heavy (non-hydrogen) atoms. The third-order valence-electron chi connectivity index (χ3n) is 1.02. The van der Waals surface area contributed by atoms with E-state index in [4.69, 9.17) is 0 Å². The molecule has 0 aromatic carbocycles. The van der Waals surface area contributed by atoms with Crippen molar-refractivity contribution >= 4 is 22.7 Å². The molecule has 0 saturated carbocycles. The average molecular weight is 195 g/mol. The van der Waals surface area contributed by atoms with Crippen LogP contribution in [0.3, 0.4) is 0 Å². The Kier molecular flexibility index (Phi) is 5.62.